The lowest BCUT2D eigenvalue weighted by Gasteiger charge is -2.35. The van der Waals surface area contributed by atoms with Crippen LogP contribution in [0.2, 0.25) is 0 Å². The first kappa shape index (κ1) is 87.1. The summed E-state index contributed by atoms with van der Waals surface area (Å²) in [6, 6.07) is -8.46. The maximum absolute atomic E-state index is 13.2. The van der Waals surface area contributed by atoms with E-state index >= 15 is 0 Å². The van der Waals surface area contributed by atoms with Gasteiger partial charge >= 0.3 is 47.8 Å². The second-order valence-corrected chi connectivity index (χ2v) is 29.9. The zero-order valence-electron chi connectivity index (χ0n) is 63.1. The predicted molar refractivity (Wildman–Crippen MR) is 382 cm³/mol. The van der Waals surface area contributed by atoms with Crippen LogP contribution in [0.1, 0.15) is 268 Å². The molecule has 586 valence electrons. The van der Waals surface area contributed by atoms with Gasteiger partial charge in [0, 0.05) is 24.2 Å². The monoisotopic (exact) mass is 1460 g/mol. The van der Waals surface area contributed by atoms with E-state index in [0.29, 0.717) is 71.0 Å². The maximum Gasteiger partial charge on any atom is 0.326 e. The Morgan fingerprint density at radius 1 is 0.330 bits per heavy atom. The third-order valence-electron chi connectivity index (χ3n) is 22.6. The number of carboxylic acid groups (broad SMARTS) is 6. The molecule has 4 saturated carbocycles. The SMILES string of the molecule is CCCCC[C@H](N[C@@H](C)C(=O)N1[C@H](C(=O)O)C[C@H]2CCCC[C@@H]21)C(=O)OCC.CCCC[C@H](N[C@@H](C)C(=O)N1[C@H](C(=O)O)C[C@H]2CCCC[C@@H]21)C(=O)O.CCC[C@H](N[C@@H](C)C(=O)N1[C@H](C(=O)O)C[C@H]2CCCC[C@@H]21)C(=O)O.CCC[C@H](N[C@@H](C)C(=O)N1[C@H](C(=O)O)C[C@H]2CCCC[C@@H]21)C(=O)OCC. The number of amides is 4. The number of ether oxygens (including phenoxy) is 2. The Bertz CT molecular complexity index is 2810. The van der Waals surface area contributed by atoms with Crippen LogP contribution in [0, 0.1) is 23.7 Å². The Kier molecular flexibility index (Phi) is 36.5. The van der Waals surface area contributed by atoms with E-state index in [4.69, 9.17) is 9.47 Å². The third kappa shape index (κ3) is 24.0. The number of aliphatic carboxylic acids is 6. The molecule has 0 radical (unpaired) electrons. The summed E-state index contributed by atoms with van der Waals surface area (Å²) < 4.78 is 10.3. The molecule has 8 rings (SSSR count). The smallest absolute Gasteiger partial charge is 0.326 e. The van der Waals surface area contributed by atoms with Gasteiger partial charge in [0.2, 0.25) is 23.6 Å². The average Bonchev–Trinajstić information content (AvgIpc) is 1.66. The minimum absolute atomic E-state index is 0.00716. The molecule has 103 heavy (non-hydrogen) atoms. The fraction of sp³-hybridized carbons (Fsp3) is 0.840. The molecule has 10 N–H and O–H groups in total. The highest BCUT2D eigenvalue weighted by molar-refractivity contribution is 5.91. The number of carbonyl (C=O) groups excluding carboxylic acids is 6. The average molecular weight is 1460 g/mol. The molecule has 4 aliphatic heterocycles. The van der Waals surface area contributed by atoms with Gasteiger partial charge in [-0.15, -0.1) is 0 Å². The van der Waals surface area contributed by atoms with Crippen LogP contribution in [0.15, 0.2) is 0 Å². The van der Waals surface area contributed by atoms with E-state index in [1.807, 2.05) is 20.8 Å². The highest BCUT2D eigenvalue weighted by Crippen LogP contribution is 2.44. The summed E-state index contributed by atoms with van der Waals surface area (Å²) >= 11 is 0. The zero-order chi connectivity index (χ0) is 76.4. The zero-order valence-corrected chi connectivity index (χ0v) is 63.1. The van der Waals surface area contributed by atoms with Crippen molar-refractivity contribution in [2.24, 2.45) is 23.7 Å². The summed E-state index contributed by atoms with van der Waals surface area (Å²) in [7, 11) is 0. The molecule has 4 saturated heterocycles. The van der Waals surface area contributed by atoms with E-state index in [1.165, 1.54) is 9.80 Å². The van der Waals surface area contributed by atoms with E-state index in [9.17, 15) is 88.2 Å². The van der Waals surface area contributed by atoms with Crippen molar-refractivity contribution in [3.8, 4) is 0 Å². The number of fused-ring (bicyclic) bond motifs is 4. The number of hydrogen-bond donors (Lipinski definition) is 10. The van der Waals surface area contributed by atoms with Gasteiger partial charge in [-0.2, -0.15) is 0 Å². The largest absolute Gasteiger partial charge is 0.480 e. The Hall–Kier alpha value is -6.52. The van der Waals surface area contributed by atoms with Gasteiger partial charge < -0.3 is 59.7 Å². The van der Waals surface area contributed by atoms with Crippen LogP contribution in [0.3, 0.4) is 0 Å². The summed E-state index contributed by atoms with van der Waals surface area (Å²) in [5.41, 5.74) is 0. The highest BCUT2D eigenvalue weighted by atomic mass is 16.5. The van der Waals surface area contributed by atoms with Crippen molar-refractivity contribution in [1.29, 1.82) is 0 Å². The number of hydrogen-bond acceptors (Lipinski definition) is 18. The molecule has 0 aromatic rings. The molecule has 8 aliphatic rings. The Morgan fingerprint density at radius 3 is 0.825 bits per heavy atom. The lowest BCUT2D eigenvalue weighted by Crippen LogP contribution is -2.55. The first-order chi connectivity index (χ1) is 49.0. The van der Waals surface area contributed by atoms with Crippen LogP contribution in [0.25, 0.3) is 0 Å². The third-order valence-corrected chi connectivity index (χ3v) is 22.6. The van der Waals surface area contributed by atoms with E-state index < -0.39 is 108 Å². The highest BCUT2D eigenvalue weighted by Gasteiger charge is 2.53. The minimum atomic E-state index is -0.983. The van der Waals surface area contributed by atoms with Gasteiger partial charge in [-0.3, -0.25) is 59.6 Å². The number of carbonyl (C=O) groups is 12. The standard InChI is InChI=1S/C21H36N2O5.C19H32N2O5.C18H30N2O5.C17H28N2O5/c1-4-6-7-11-16(21(27)28-5-2)22-14(3)19(24)23-17-12-9-8-10-15(17)13-18(23)20(25)26;1-4-8-14(19(25)26-5-2)20-12(3)17(22)21-15-10-7-6-9-13(15)11-16(21)18(23)24;1-3-4-8-13(17(22)23)19-11(2)16(21)20-14-9-6-5-7-12(14)10-15(20)18(24)25;1-3-6-12(16(21)22)18-10(2)15(20)19-13-8-5-4-7-11(13)9-14(19)17(23)24/h14-18,22H,4-13H2,1-3H3,(H,25,26);12-16,20H,4-11H2,1-3H3,(H,23,24);11-15,19H,3-10H2,1-2H3,(H,22,23)(H,24,25);10-14,18H,3-9H2,1-2H3,(H,21,22)(H,23,24)/t14-,15+,16-,17-,18-;12-,13+,14-,15-,16-;11-,12+,13-,14-,15-;10-,11+,12-,13-,14-/m0000/s1. The summed E-state index contributed by atoms with van der Waals surface area (Å²) in [6.07, 6.45) is 26.0. The van der Waals surface area contributed by atoms with E-state index in [1.54, 1.807) is 51.3 Å². The number of carboxylic acids is 6. The number of nitrogens with one attached hydrogen (secondary N) is 4. The summed E-state index contributed by atoms with van der Waals surface area (Å²) in [5, 5.41) is 68.9. The molecule has 0 aromatic heterocycles. The van der Waals surface area contributed by atoms with Gasteiger partial charge in [0.05, 0.1) is 37.4 Å². The molecule has 20 atom stereocenters. The quantitative estimate of drug-likeness (QED) is 0.0220. The molecule has 0 unspecified atom stereocenters. The molecule has 28 heteroatoms. The van der Waals surface area contributed by atoms with Crippen LogP contribution in [-0.2, 0) is 67.0 Å². The van der Waals surface area contributed by atoms with Crippen LogP contribution in [-0.4, -0.2) is 232 Å². The fourth-order valence-corrected chi connectivity index (χ4v) is 17.5. The van der Waals surface area contributed by atoms with Gasteiger partial charge in [-0.05, 0) is 168 Å². The first-order valence-electron chi connectivity index (χ1n) is 39.1. The molecule has 0 aromatic carbocycles. The fourth-order valence-electron chi connectivity index (χ4n) is 17.5. The lowest BCUT2D eigenvalue weighted by atomic mass is 9.84. The summed E-state index contributed by atoms with van der Waals surface area (Å²) in [4.78, 5) is 152. The van der Waals surface area contributed by atoms with Crippen LogP contribution in [0.5, 0.6) is 0 Å². The summed E-state index contributed by atoms with van der Waals surface area (Å²) in [6.45, 7) is 18.7. The van der Waals surface area contributed by atoms with Gasteiger partial charge in [0.25, 0.3) is 0 Å². The van der Waals surface area contributed by atoms with Crippen molar-refractivity contribution in [3.63, 3.8) is 0 Å². The molecule has 4 amide bonds. The second kappa shape index (κ2) is 43.2. The number of nitrogens with zero attached hydrogens (tertiary/aromatic N) is 4. The van der Waals surface area contributed by atoms with E-state index in [0.717, 1.165) is 141 Å². The van der Waals surface area contributed by atoms with Crippen molar-refractivity contribution >= 4 is 71.4 Å². The Morgan fingerprint density at radius 2 is 0.573 bits per heavy atom. The first-order valence-corrected chi connectivity index (χ1v) is 39.1. The van der Waals surface area contributed by atoms with Gasteiger partial charge in [-0.1, -0.05) is 124 Å². The predicted octanol–water partition coefficient (Wildman–Crippen LogP) is 7.98. The maximum atomic E-state index is 13.2. The second-order valence-electron chi connectivity index (χ2n) is 29.9. The topological polar surface area (TPSA) is 406 Å². The molecule has 0 spiro atoms. The molecular weight excluding hydrogens is 1330 g/mol. The summed E-state index contributed by atoms with van der Waals surface area (Å²) in [5.74, 6) is -6.42. The van der Waals surface area contributed by atoms with Crippen molar-refractivity contribution in [1.82, 2.24) is 40.9 Å². The Balaban J connectivity index is 0.000000247. The van der Waals surface area contributed by atoms with Crippen molar-refractivity contribution in [3.05, 3.63) is 0 Å². The van der Waals surface area contributed by atoms with Crippen molar-refractivity contribution in [2.45, 2.75) is 365 Å². The molecule has 8 fully saturated rings. The molecule has 0 bridgehead atoms. The lowest BCUT2D eigenvalue weighted by molar-refractivity contribution is -0.152. The minimum Gasteiger partial charge on any atom is -0.480 e. The van der Waals surface area contributed by atoms with E-state index in [2.05, 4.69) is 28.2 Å². The van der Waals surface area contributed by atoms with Crippen molar-refractivity contribution < 1.29 is 97.6 Å². The molecule has 4 aliphatic carbocycles. The number of likely N-dealkylation sites (tertiary alicyclic amines) is 4. The van der Waals surface area contributed by atoms with Crippen LogP contribution in [0.4, 0.5) is 0 Å². The Labute approximate surface area is 609 Å². The van der Waals surface area contributed by atoms with Gasteiger partial charge in [-0.25, -0.2) is 19.2 Å². The van der Waals surface area contributed by atoms with Gasteiger partial charge in [0.15, 0.2) is 0 Å². The normalized spacial score (nSPS) is 27.7. The molecule has 4 heterocycles. The van der Waals surface area contributed by atoms with Crippen molar-refractivity contribution in [2.75, 3.05) is 13.2 Å². The van der Waals surface area contributed by atoms with Gasteiger partial charge in [0.1, 0.15) is 48.3 Å². The molecular formula is C75H126N8O20. The number of rotatable bonds is 33. The number of unbranched alkanes of at least 4 members (excludes halogenated alkanes) is 3. The van der Waals surface area contributed by atoms with E-state index in [-0.39, 0.29) is 83.4 Å². The van der Waals surface area contributed by atoms with Crippen LogP contribution < -0.4 is 21.3 Å². The number of esters is 2. The molecule has 28 nitrogen and oxygen atoms in total. The van der Waals surface area contributed by atoms with Crippen LogP contribution >= 0.6 is 0 Å².